The zero-order valence-corrected chi connectivity index (χ0v) is 27.1. The van der Waals surface area contributed by atoms with E-state index in [0.717, 1.165) is 0 Å². The highest BCUT2D eigenvalue weighted by Gasteiger charge is 2.47. The van der Waals surface area contributed by atoms with E-state index in [1.54, 1.807) is 9.13 Å². The van der Waals surface area contributed by atoms with E-state index < -0.39 is 56.6 Å². The van der Waals surface area contributed by atoms with Crippen molar-refractivity contribution in [3.63, 3.8) is 0 Å². The number of hydrogen-bond acceptors (Lipinski definition) is 15. The van der Waals surface area contributed by atoms with Crippen LogP contribution in [0.5, 0.6) is 0 Å². The van der Waals surface area contributed by atoms with Gasteiger partial charge in [0, 0.05) is 17.5 Å². The number of quaternary nitrogens is 1. The number of nitrogen functional groups attached to an aromatic ring is 2. The van der Waals surface area contributed by atoms with Crippen molar-refractivity contribution in [2.75, 3.05) is 44.3 Å². The summed E-state index contributed by atoms with van der Waals surface area (Å²) >= 11 is 0. The Morgan fingerprint density at radius 3 is 2.00 bits per heavy atom. The number of hydrogen-bond donors (Lipinski definition) is 6. The maximum absolute atomic E-state index is 12.3. The number of imidazole rings is 2. The Labute approximate surface area is 268 Å². The molecule has 0 radical (unpaired) electrons. The molecule has 0 aromatic carbocycles. The number of rotatable bonds is 13. The molecule has 0 aliphatic carbocycles. The molecule has 6 rings (SSSR count). The van der Waals surface area contributed by atoms with Gasteiger partial charge in [-0.3, -0.25) is 28.7 Å². The highest BCUT2D eigenvalue weighted by atomic mass is 31.2. The molecule has 4 aromatic rings. The van der Waals surface area contributed by atoms with Gasteiger partial charge in [-0.2, -0.15) is 19.0 Å². The Hall–Kier alpha value is -3.59. The number of aliphatic hydroxyl groups is 2. The van der Waals surface area contributed by atoms with E-state index in [-0.39, 0.29) is 64.9 Å². The fourth-order valence-electron chi connectivity index (χ4n) is 5.88. The number of H-pyrrole nitrogens is 2. The van der Waals surface area contributed by atoms with Crippen molar-refractivity contribution in [1.82, 2.24) is 39.0 Å². The van der Waals surface area contributed by atoms with Crippen LogP contribution in [0, 0.1) is 0 Å². The number of aliphatic hydroxyl groups excluding tert-OH is 2. The van der Waals surface area contributed by atoms with E-state index in [4.69, 9.17) is 34.6 Å². The number of nitrogens with zero attached hydrogens (tertiary/aromatic N) is 7. The smallest absolute Gasteiger partial charge is 0.394 e. The Morgan fingerprint density at radius 2 is 1.47 bits per heavy atom. The standard InChI is InChI=1S/C26H38N11O9P/c1-4-37(5-2,6-3)46-47(42-10-16-13(39)7-17(44-16)35-11-29-19-21(35)31-25(27)33-23(19)40)45-14-8-18(43-15(14)9-38)36-12-30-20-22(36)32-26(28)34-24(20)41/h11-18,38-39,47H,4-10H2,1-3H3,(H4-2,27,28,31,32,33,34,40,41)/p+2/t13-,14-,15+,16+,17+,18+/m0/s1. The molecular formula is C26H40N11O9P+2. The molecule has 2 saturated heterocycles. The van der Waals surface area contributed by atoms with Crippen LogP contribution in [0.3, 0.4) is 0 Å². The molecule has 0 amide bonds. The summed E-state index contributed by atoms with van der Waals surface area (Å²) in [5.41, 5.74) is 11.2. The molecule has 4 aromatic heterocycles. The molecule has 47 heavy (non-hydrogen) atoms. The number of nitrogens with two attached hydrogens (primary N) is 2. The first-order valence-electron chi connectivity index (χ1n) is 15.3. The summed E-state index contributed by atoms with van der Waals surface area (Å²) in [5, 5.41) is 21.1. The molecule has 21 heteroatoms. The Kier molecular flexibility index (Phi) is 9.57. The SMILES string of the molecule is CC[N+](CC)(CC)O[PH+](OC[C@H]1O[C@@H](n2cnc3c(=O)[nH]c(N)nc32)C[C@@H]1O)O[C@H]1C[C@H](n2cnc3c(=O)[nH]c(N)nc32)O[C@@H]1CO. The highest BCUT2D eigenvalue weighted by molar-refractivity contribution is 7.41. The molecule has 6 heterocycles. The molecule has 0 bridgehead atoms. The molecule has 2 aliphatic rings. The lowest BCUT2D eigenvalue weighted by atomic mass is 10.2. The molecule has 2 fully saturated rings. The number of fused-ring (bicyclic) bond motifs is 2. The monoisotopic (exact) mass is 681 g/mol. The van der Waals surface area contributed by atoms with E-state index >= 15 is 0 Å². The quantitative estimate of drug-likeness (QED) is 0.0591. The van der Waals surface area contributed by atoms with Crippen LogP contribution in [-0.2, 0) is 23.1 Å². The Morgan fingerprint density at radius 1 is 0.936 bits per heavy atom. The summed E-state index contributed by atoms with van der Waals surface area (Å²) in [5.74, 6) is -0.133. The lowest BCUT2D eigenvalue weighted by Gasteiger charge is -2.30. The molecule has 20 nitrogen and oxygen atoms in total. The van der Waals surface area contributed by atoms with Crippen LogP contribution in [0.15, 0.2) is 22.2 Å². The summed E-state index contributed by atoms with van der Waals surface area (Å²) < 4.78 is 34.8. The van der Waals surface area contributed by atoms with Crippen LogP contribution >= 0.6 is 8.60 Å². The van der Waals surface area contributed by atoms with Crippen molar-refractivity contribution in [1.29, 1.82) is 0 Å². The first-order chi connectivity index (χ1) is 22.6. The van der Waals surface area contributed by atoms with Crippen LogP contribution < -0.4 is 22.6 Å². The minimum absolute atomic E-state index is 0.0665. The summed E-state index contributed by atoms with van der Waals surface area (Å²) in [6.45, 7) is 7.46. The summed E-state index contributed by atoms with van der Waals surface area (Å²) in [6, 6.07) is 0. The van der Waals surface area contributed by atoms with Gasteiger partial charge >= 0.3 is 8.60 Å². The molecule has 0 spiro atoms. The molecule has 8 N–H and O–H groups in total. The predicted molar refractivity (Wildman–Crippen MR) is 167 cm³/mol. The number of anilines is 2. The van der Waals surface area contributed by atoms with E-state index in [2.05, 4.69) is 29.9 Å². The minimum atomic E-state index is -2.55. The van der Waals surface area contributed by atoms with Crippen molar-refractivity contribution < 1.29 is 38.0 Å². The Bertz CT molecular complexity index is 1820. The van der Waals surface area contributed by atoms with Gasteiger partial charge in [-0.1, -0.05) is 0 Å². The number of ether oxygens (including phenoxy) is 2. The first-order valence-corrected chi connectivity index (χ1v) is 16.6. The first kappa shape index (κ1) is 33.3. The maximum Gasteiger partial charge on any atom is 0.465 e. The van der Waals surface area contributed by atoms with Crippen molar-refractivity contribution in [2.45, 2.75) is 70.5 Å². The van der Waals surface area contributed by atoms with Crippen molar-refractivity contribution in [2.24, 2.45) is 0 Å². The second-order valence-electron chi connectivity index (χ2n) is 11.3. The topological polar surface area (TPSA) is 266 Å². The van der Waals surface area contributed by atoms with Crippen LogP contribution in [0.2, 0.25) is 0 Å². The van der Waals surface area contributed by atoms with Crippen LogP contribution in [-0.4, -0.2) is 111 Å². The molecule has 256 valence electrons. The van der Waals surface area contributed by atoms with Crippen molar-refractivity contribution in [3.8, 4) is 0 Å². The van der Waals surface area contributed by atoms with E-state index in [1.807, 2.05) is 20.8 Å². The lowest BCUT2D eigenvalue weighted by Crippen LogP contribution is -2.46. The number of nitrogens with one attached hydrogen (secondary N) is 2. The second-order valence-corrected chi connectivity index (χ2v) is 12.6. The summed E-state index contributed by atoms with van der Waals surface area (Å²) in [7, 11) is -2.55. The number of aromatic nitrogens is 8. The van der Waals surface area contributed by atoms with E-state index in [9.17, 15) is 19.8 Å². The minimum Gasteiger partial charge on any atom is -0.394 e. The van der Waals surface area contributed by atoms with Gasteiger partial charge in [-0.05, 0) is 20.8 Å². The van der Waals surface area contributed by atoms with Gasteiger partial charge in [0.05, 0.1) is 25.4 Å². The molecule has 2 aliphatic heterocycles. The Balaban J connectivity index is 1.19. The zero-order valence-electron chi connectivity index (χ0n) is 26.1. The van der Waals surface area contributed by atoms with Gasteiger partial charge in [0.25, 0.3) is 11.1 Å². The normalized spacial score (nSPS) is 25.7. The van der Waals surface area contributed by atoms with Gasteiger partial charge in [-0.25, -0.2) is 9.97 Å². The third kappa shape index (κ3) is 6.48. The van der Waals surface area contributed by atoms with E-state index in [0.29, 0.717) is 19.6 Å². The average Bonchev–Trinajstić information content (AvgIpc) is 3.83. The fraction of sp³-hybridized carbons (Fsp3) is 0.615. The van der Waals surface area contributed by atoms with Crippen LogP contribution in [0.25, 0.3) is 22.3 Å². The van der Waals surface area contributed by atoms with Gasteiger partial charge in [0.1, 0.15) is 57.0 Å². The average molecular weight is 682 g/mol. The molecule has 0 saturated carbocycles. The zero-order chi connectivity index (χ0) is 33.5. The van der Waals surface area contributed by atoms with Crippen molar-refractivity contribution in [3.05, 3.63) is 33.4 Å². The lowest BCUT2D eigenvalue weighted by molar-refractivity contribution is -1.08. The van der Waals surface area contributed by atoms with Crippen molar-refractivity contribution >= 4 is 42.8 Å². The van der Waals surface area contributed by atoms with E-state index in [1.165, 1.54) is 12.7 Å². The van der Waals surface area contributed by atoms with Crippen LogP contribution in [0.4, 0.5) is 11.9 Å². The molecule has 1 unspecified atom stereocenters. The third-order valence-electron chi connectivity index (χ3n) is 8.70. The van der Waals surface area contributed by atoms with Gasteiger partial charge in [0.2, 0.25) is 11.9 Å². The third-order valence-corrected chi connectivity index (χ3v) is 10.1. The summed E-state index contributed by atoms with van der Waals surface area (Å²) in [6.07, 6.45) is -1.21. The number of aromatic amines is 2. The maximum atomic E-state index is 12.3. The van der Waals surface area contributed by atoms with Gasteiger partial charge in [0.15, 0.2) is 22.3 Å². The fourth-order valence-corrected chi connectivity index (χ4v) is 7.54. The largest absolute Gasteiger partial charge is 0.465 e. The number of hydroxylamine groups is 3. The second kappa shape index (κ2) is 13.5. The predicted octanol–water partition coefficient (Wildman–Crippen LogP) is -0.485. The molecular weight excluding hydrogens is 641 g/mol. The molecule has 7 atom stereocenters. The van der Waals surface area contributed by atoms with Gasteiger partial charge < -0.3 is 31.2 Å². The highest BCUT2D eigenvalue weighted by Crippen LogP contribution is 2.49. The summed E-state index contributed by atoms with van der Waals surface area (Å²) in [4.78, 5) is 46.1. The van der Waals surface area contributed by atoms with Crippen LogP contribution in [0.1, 0.15) is 46.1 Å². The van der Waals surface area contributed by atoms with Gasteiger partial charge in [-0.15, -0.1) is 4.65 Å².